The Balaban J connectivity index is 2.64. The number of nitrogens with zero attached hydrogens (tertiary/aromatic N) is 1. The molecule has 0 heterocycles. The van der Waals surface area contributed by atoms with Gasteiger partial charge in [0, 0.05) is 26.4 Å². The van der Waals surface area contributed by atoms with Gasteiger partial charge < -0.3 is 4.79 Å². The van der Waals surface area contributed by atoms with Crippen molar-refractivity contribution >= 4 is 15.8 Å². The van der Waals surface area contributed by atoms with Gasteiger partial charge >= 0.3 is 0 Å². The molecule has 24 heavy (non-hydrogen) atoms. The largest absolute Gasteiger partial charge is 0.300 e. The summed E-state index contributed by atoms with van der Waals surface area (Å²) in [5.41, 5.74) is 1.55. The number of ketones is 1. The van der Waals surface area contributed by atoms with Gasteiger partial charge in [-0.2, -0.15) is 0 Å². The van der Waals surface area contributed by atoms with Crippen molar-refractivity contribution < 1.29 is 13.2 Å². The molecule has 4 nitrogen and oxygen atoms in total. The summed E-state index contributed by atoms with van der Waals surface area (Å²) < 4.78 is 27.3. The number of Topliss-reactive ketones (excluding diaryl/α,β-unsaturated/α-hetero) is 1. The Morgan fingerprint density at radius 1 is 0.917 bits per heavy atom. The molecule has 2 aromatic carbocycles. The summed E-state index contributed by atoms with van der Waals surface area (Å²) in [4.78, 5) is 11.9. The van der Waals surface area contributed by atoms with E-state index in [1.165, 1.54) is 25.3 Å². The lowest BCUT2D eigenvalue weighted by Crippen LogP contribution is -2.32. The van der Waals surface area contributed by atoms with E-state index in [9.17, 15) is 13.2 Å². The first-order valence-corrected chi connectivity index (χ1v) is 9.35. The van der Waals surface area contributed by atoms with Gasteiger partial charge in [0.25, 0.3) is 0 Å². The quantitative estimate of drug-likeness (QED) is 0.773. The van der Waals surface area contributed by atoms with Gasteiger partial charge in [0.15, 0.2) is 0 Å². The van der Waals surface area contributed by atoms with Gasteiger partial charge in [0.1, 0.15) is 11.0 Å². The third-order valence-electron chi connectivity index (χ3n) is 4.06. The molecule has 0 fully saturated rings. The van der Waals surface area contributed by atoms with E-state index in [1.54, 1.807) is 0 Å². The Kier molecular flexibility index (Phi) is 5.91. The number of hydrogen-bond donors (Lipinski definition) is 0. The van der Waals surface area contributed by atoms with Crippen LogP contribution < -0.4 is 0 Å². The standard InChI is InChI=1S/C19H23NO3S/c1-15(21)14-18(16-10-6-4-7-11-16)19(24(22,23)20(2)3)17-12-8-5-9-13-17/h4-13,18-19H,14H2,1-3H3. The second-order valence-electron chi connectivity index (χ2n) is 6.08. The molecule has 0 aromatic heterocycles. The average Bonchev–Trinajstić information content (AvgIpc) is 2.55. The number of sulfonamides is 1. The summed E-state index contributed by atoms with van der Waals surface area (Å²) in [6.07, 6.45) is 0.177. The summed E-state index contributed by atoms with van der Waals surface area (Å²) in [6.45, 7) is 1.50. The minimum absolute atomic E-state index is 0.0289. The van der Waals surface area contributed by atoms with E-state index < -0.39 is 21.2 Å². The highest BCUT2D eigenvalue weighted by Crippen LogP contribution is 2.40. The van der Waals surface area contributed by atoms with E-state index in [0.717, 1.165) is 5.56 Å². The van der Waals surface area contributed by atoms with Crippen molar-refractivity contribution in [2.45, 2.75) is 24.5 Å². The second-order valence-corrected chi connectivity index (χ2v) is 8.35. The molecule has 2 atom stereocenters. The zero-order valence-corrected chi connectivity index (χ0v) is 15.0. The third kappa shape index (κ3) is 4.10. The number of carbonyl (C=O) groups excluding carboxylic acids is 1. The van der Waals surface area contributed by atoms with Crippen LogP contribution >= 0.6 is 0 Å². The van der Waals surface area contributed by atoms with Crippen molar-refractivity contribution in [2.75, 3.05) is 14.1 Å². The van der Waals surface area contributed by atoms with Crippen LogP contribution in [0.5, 0.6) is 0 Å². The van der Waals surface area contributed by atoms with Gasteiger partial charge in [-0.1, -0.05) is 60.7 Å². The molecule has 0 N–H and O–H groups in total. The lowest BCUT2D eigenvalue weighted by molar-refractivity contribution is -0.117. The fourth-order valence-electron chi connectivity index (χ4n) is 2.89. The number of hydrogen-bond acceptors (Lipinski definition) is 3. The first-order valence-electron chi connectivity index (χ1n) is 7.84. The van der Waals surface area contributed by atoms with Crippen LogP contribution in [0.1, 0.15) is 35.6 Å². The minimum atomic E-state index is -3.60. The molecule has 0 bridgehead atoms. The molecule has 2 unspecified atom stereocenters. The molecule has 2 aromatic rings. The highest BCUT2D eigenvalue weighted by Gasteiger charge is 2.37. The van der Waals surface area contributed by atoms with E-state index in [0.29, 0.717) is 5.56 Å². The van der Waals surface area contributed by atoms with E-state index in [4.69, 9.17) is 0 Å². The van der Waals surface area contributed by atoms with Crippen molar-refractivity contribution in [3.63, 3.8) is 0 Å². The molecule has 0 aliphatic carbocycles. The number of benzene rings is 2. The van der Waals surface area contributed by atoms with Crippen molar-refractivity contribution in [2.24, 2.45) is 0 Å². The molecule has 0 spiro atoms. The van der Waals surface area contributed by atoms with Crippen molar-refractivity contribution in [1.29, 1.82) is 0 Å². The van der Waals surface area contributed by atoms with E-state index in [1.807, 2.05) is 60.7 Å². The Hall–Kier alpha value is -1.98. The summed E-state index contributed by atoms with van der Waals surface area (Å²) in [5.74, 6) is -0.461. The molecule has 0 saturated carbocycles. The lowest BCUT2D eigenvalue weighted by atomic mass is 9.87. The van der Waals surface area contributed by atoms with Gasteiger partial charge in [0.05, 0.1) is 0 Å². The van der Waals surface area contributed by atoms with Crippen molar-refractivity contribution in [3.05, 3.63) is 71.8 Å². The third-order valence-corrected chi connectivity index (χ3v) is 6.32. The van der Waals surface area contributed by atoms with Gasteiger partial charge in [-0.05, 0) is 18.1 Å². The highest BCUT2D eigenvalue weighted by atomic mass is 32.2. The van der Waals surface area contributed by atoms with Crippen molar-refractivity contribution in [3.8, 4) is 0 Å². The zero-order chi connectivity index (χ0) is 17.7. The first-order chi connectivity index (χ1) is 11.3. The van der Waals surface area contributed by atoms with Gasteiger partial charge in [0.2, 0.25) is 10.0 Å². The van der Waals surface area contributed by atoms with Crippen LogP contribution in [-0.4, -0.2) is 32.6 Å². The zero-order valence-electron chi connectivity index (χ0n) is 14.2. The van der Waals surface area contributed by atoms with E-state index in [2.05, 4.69) is 0 Å². The number of rotatable bonds is 7. The normalized spacial score (nSPS) is 14.3. The maximum absolute atomic E-state index is 13.0. The smallest absolute Gasteiger partial charge is 0.221 e. The molecule has 2 rings (SSSR count). The molecule has 128 valence electrons. The predicted molar refractivity (Wildman–Crippen MR) is 96.3 cm³/mol. The van der Waals surface area contributed by atoms with E-state index >= 15 is 0 Å². The Bertz CT molecular complexity index is 771. The highest BCUT2D eigenvalue weighted by molar-refractivity contribution is 7.89. The van der Waals surface area contributed by atoms with E-state index in [-0.39, 0.29) is 12.2 Å². The summed E-state index contributed by atoms with van der Waals surface area (Å²) in [7, 11) is -0.546. The van der Waals surface area contributed by atoms with Crippen LogP contribution in [0.15, 0.2) is 60.7 Å². The molecule has 0 saturated heterocycles. The van der Waals surface area contributed by atoms with Crippen LogP contribution in [-0.2, 0) is 14.8 Å². The van der Waals surface area contributed by atoms with Gasteiger partial charge in [-0.25, -0.2) is 12.7 Å². The summed E-state index contributed by atoms with van der Waals surface area (Å²) >= 11 is 0. The maximum atomic E-state index is 13.0. The maximum Gasteiger partial charge on any atom is 0.221 e. The van der Waals surface area contributed by atoms with Crippen molar-refractivity contribution in [1.82, 2.24) is 4.31 Å². The minimum Gasteiger partial charge on any atom is -0.300 e. The van der Waals surface area contributed by atoms with Crippen LogP contribution in [0.25, 0.3) is 0 Å². The molecular formula is C19H23NO3S. The average molecular weight is 345 g/mol. The topological polar surface area (TPSA) is 54.5 Å². The molecule has 0 amide bonds. The summed E-state index contributed by atoms with van der Waals surface area (Å²) in [5, 5.41) is -0.806. The number of carbonyl (C=O) groups is 1. The van der Waals surface area contributed by atoms with Crippen LogP contribution in [0, 0.1) is 0 Å². The Labute approximate surface area is 144 Å². The molecule has 0 aliphatic heterocycles. The lowest BCUT2D eigenvalue weighted by Gasteiger charge is -2.29. The first kappa shape index (κ1) is 18.4. The Morgan fingerprint density at radius 3 is 1.79 bits per heavy atom. The fourth-order valence-corrected chi connectivity index (χ4v) is 4.52. The molecular weight excluding hydrogens is 322 g/mol. The second kappa shape index (κ2) is 7.73. The predicted octanol–water partition coefficient (Wildman–Crippen LogP) is 3.38. The molecule has 0 aliphatic rings. The van der Waals surface area contributed by atoms with Gasteiger partial charge in [-0.3, -0.25) is 0 Å². The molecule has 5 heteroatoms. The van der Waals surface area contributed by atoms with Crippen LogP contribution in [0.3, 0.4) is 0 Å². The van der Waals surface area contributed by atoms with Crippen LogP contribution in [0.4, 0.5) is 0 Å². The molecule has 0 radical (unpaired) electrons. The Morgan fingerprint density at radius 2 is 1.38 bits per heavy atom. The van der Waals surface area contributed by atoms with Crippen LogP contribution in [0.2, 0.25) is 0 Å². The SMILES string of the molecule is CC(=O)CC(c1ccccc1)C(c1ccccc1)S(=O)(=O)N(C)C. The summed E-state index contributed by atoms with van der Waals surface area (Å²) in [6, 6.07) is 18.5. The fraction of sp³-hybridized carbons (Fsp3) is 0.316. The van der Waals surface area contributed by atoms with Gasteiger partial charge in [-0.15, -0.1) is 0 Å². The monoisotopic (exact) mass is 345 g/mol.